The van der Waals surface area contributed by atoms with Gasteiger partial charge >= 0.3 is 0 Å². The summed E-state index contributed by atoms with van der Waals surface area (Å²) in [6.07, 6.45) is 5.56. The number of carbonyl (C=O) groups excluding carboxylic acids is 3. The molecule has 194 valence electrons. The van der Waals surface area contributed by atoms with Crippen LogP contribution in [0.4, 0.5) is 10.5 Å². The quantitative estimate of drug-likeness (QED) is 0.214. The molecule has 0 aromatic heterocycles. The topological polar surface area (TPSA) is 110 Å². The third-order valence-corrected chi connectivity index (χ3v) is 7.75. The van der Waals surface area contributed by atoms with Crippen molar-refractivity contribution >= 4 is 68.1 Å². The molecule has 0 spiro atoms. The van der Waals surface area contributed by atoms with Crippen molar-refractivity contribution in [3.05, 3.63) is 72.0 Å². The van der Waals surface area contributed by atoms with Gasteiger partial charge in [0.2, 0.25) is 5.91 Å². The Balaban J connectivity index is 1.42. The van der Waals surface area contributed by atoms with Crippen molar-refractivity contribution in [3.63, 3.8) is 0 Å². The smallest absolute Gasteiger partial charge is 0.294 e. The normalized spacial score (nSPS) is 17.3. The molecule has 0 radical (unpaired) electrons. The number of carbonyl (C=O) groups is 3. The molecule has 2 fully saturated rings. The molecule has 0 bridgehead atoms. The zero-order valence-corrected chi connectivity index (χ0v) is 22.8. The molecule has 0 atom stereocenters. The number of benzene rings is 2. The summed E-state index contributed by atoms with van der Waals surface area (Å²) in [6.45, 7) is 1.17. The van der Waals surface area contributed by atoms with E-state index in [0.717, 1.165) is 47.9 Å². The van der Waals surface area contributed by atoms with Crippen LogP contribution in [-0.4, -0.2) is 51.4 Å². The first kappa shape index (κ1) is 27.2. The van der Waals surface area contributed by atoms with Crippen molar-refractivity contribution in [2.24, 2.45) is 0 Å². The molecule has 0 saturated carbocycles. The fraction of sp³-hybridized carbons (Fsp3) is 0.320. The van der Waals surface area contributed by atoms with Gasteiger partial charge in [-0.1, -0.05) is 24.4 Å². The molecule has 0 unspecified atom stereocenters. The van der Waals surface area contributed by atoms with Gasteiger partial charge in [0.25, 0.3) is 16.8 Å². The van der Waals surface area contributed by atoms with Crippen LogP contribution in [-0.2, 0) is 16.2 Å². The molecule has 9 nitrogen and oxygen atoms in total. The lowest BCUT2D eigenvalue weighted by Crippen LogP contribution is -2.42. The predicted octanol–water partition coefficient (Wildman–Crippen LogP) is 6.03. The lowest BCUT2D eigenvalue weighted by Gasteiger charge is -2.22. The second-order valence-corrected chi connectivity index (χ2v) is 10.8. The number of nitro groups is 1. The van der Waals surface area contributed by atoms with Crippen LogP contribution in [0.3, 0.4) is 0 Å². The highest BCUT2D eigenvalue weighted by Crippen LogP contribution is 2.38. The van der Waals surface area contributed by atoms with Gasteiger partial charge in [0, 0.05) is 25.2 Å². The SMILES string of the molecule is O=C(CN1C(=O)SC(=Cc2cc(Cl)c(OCc3ccc([N+](=O)[O-])cc3)c(Br)c2)C1=O)N1CCCCCC1. The maximum absolute atomic E-state index is 12.9. The fourth-order valence-corrected chi connectivity index (χ4v) is 5.84. The third kappa shape index (κ3) is 6.71. The van der Waals surface area contributed by atoms with E-state index in [-0.39, 0.29) is 34.7 Å². The molecule has 0 N–H and O–H groups in total. The van der Waals surface area contributed by atoms with Gasteiger partial charge in [-0.2, -0.15) is 0 Å². The van der Waals surface area contributed by atoms with Crippen LogP contribution < -0.4 is 4.74 Å². The first-order chi connectivity index (χ1) is 17.7. The molecular formula is C25H23BrClN3O6S. The lowest BCUT2D eigenvalue weighted by atomic mass is 10.2. The second-order valence-electron chi connectivity index (χ2n) is 8.59. The van der Waals surface area contributed by atoms with Crippen LogP contribution in [0.2, 0.25) is 5.02 Å². The van der Waals surface area contributed by atoms with E-state index in [0.29, 0.717) is 28.9 Å². The van der Waals surface area contributed by atoms with Gasteiger partial charge < -0.3 is 9.64 Å². The van der Waals surface area contributed by atoms with Crippen molar-refractivity contribution in [2.45, 2.75) is 32.3 Å². The molecule has 2 saturated heterocycles. The zero-order valence-electron chi connectivity index (χ0n) is 19.7. The van der Waals surface area contributed by atoms with Gasteiger partial charge in [0.1, 0.15) is 13.2 Å². The van der Waals surface area contributed by atoms with Crippen LogP contribution in [0, 0.1) is 10.1 Å². The highest BCUT2D eigenvalue weighted by Gasteiger charge is 2.37. The number of nitro benzene ring substituents is 1. The first-order valence-electron chi connectivity index (χ1n) is 11.6. The Hall–Kier alpha value is -2.89. The van der Waals surface area contributed by atoms with E-state index in [1.54, 1.807) is 35.2 Å². The molecule has 2 aliphatic rings. The molecule has 37 heavy (non-hydrogen) atoms. The number of imide groups is 1. The molecule has 0 aliphatic carbocycles. The number of hydrogen-bond donors (Lipinski definition) is 0. The Bertz CT molecular complexity index is 1240. The Morgan fingerprint density at radius 2 is 1.81 bits per heavy atom. The van der Waals surface area contributed by atoms with Gasteiger partial charge in [0.15, 0.2) is 5.75 Å². The third-order valence-electron chi connectivity index (χ3n) is 5.97. The van der Waals surface area contributed by atoms with Crippen LogP contribution in [0.15, 0.2) is 45.8 Å². The average molecular weight is 609 g/mol. The number of nitrogens with zero attached hydrogens (tertiary/aromatic N) is 3. The minimum absolute atomic E-state index is 0.0111. The number of likely N-dealkylation sites (tertiary alicyclic amines) is 1. The van der Waals surface area contributed by atoms with Gasteiger partial charge in [0.05, 0.1) is 19.3 Å². The fourth-order valence-electron chi connectivity index (χ4n) is 4.01. The zero-order chi connectivity index (χ0) is 26.5. The standard InChI is InChI=1S/C25H23BrClN3O6S/c26-19-11-17(12-20(27)23(19)36-15-16-5-7-18(8-6-16)30(34)35)13-21-24(32)29(25(33)37-21)14-22(31)28-9-3-1-2-4-10-28/h5-8,11-13H,1-4,9-10,14-15H2. The van der Waals surface area contributed by atoms with E-state index in [1.807, 2.05) is 0 Å². The van der Waals surface area contributed by atoms with Gasteiger partial charge in [-0.15, -0.1) is 0 Å². The lowest BCUT2D eigenvalue weighted by molar-refractivity contribution is -0.384. The van der Waals surface area contributed by atoms with Crippen LogP contribution >= 0.6 is 39.3 Å². The van der Waals surface area contributed by atoms with E-state index in [4.69, 9.17) is 16.3 Å². The molecule has 2 aliphatic heterocycles. The minimum atomic E-state index is -0.510. The highest BCUT2D eigenvalue weighted by molar-refractivity contribution is 9.10. The maximum Gasteiger partial charge on any atom is 0.294 e. The van der Waals surface area contributed by atoms with Crippen molar-refractivity contribution in [2.75, 3.05) is 19.6 Å². The van der Waals surface area contributed by atoms with E-state index >= 15 is 0 Å². The monoisotopic (exact) mass is 607 g/mol. The predicted molar refractivity (Wildman–Crippen MR) is 144 cm³/mol. The Labute approximate surface area is 231 Å². The number of hydrogen-bond acceptors (Lipinski definition) is 7. The molecule has 2 aromatic rings. The summed E-state index contributed by atoms with van der Waals surface area (Å²) < 4.78 is 6.33. The number of rotatable bonds is 7. The molecule has 2 aromatic carbocycles. The Morgan fingerprint density at radius 3 is 2.43 bits per heavy atom. The largest absolute Gasteiger partial charge is 0.486 e. The van der Waals surface area contributed by atoms with Crippen LogP contribution in [0.25, 0.3) is 6.08 Å². The summed E-state index contributed by atoms with van der Waals surface area (Å²) in [5, 5.41) is 10.6. The summed E-state index contributed by atoms with van der Waals surface area (Å²) in [4.78, 5) is 51.3. The molecule has 4 rings (SSSR count). The molecule has 2 heterocycles. The van der Waals surface area contributed by atoms with Crippen molar-refractivity contribution in [1.82, 2.24) is 9.80 Å². The first-order valence-corrected chi connectivity index (χ1v) is 13.6. The number of thioether (sulfide) groups is 1. The van der Waals surface area contributed by atoms with E-state index < -0.39 is 16.1 Å². The number of non-ortho nitro benzene ring substituents is 1. The van der Waals surface area contributed by atoms with Gasteiger partial charge in [-0.3, -0.25) is 29.4 Å². The average Bonchev–Trinajstić information content (AvgIpc) is 3.04. The van der Waals surface area contributed by atoms with Crippen LogP contribution in [0.1, 0.15) is 36.8 Å². The minimum Gasteiger partial charge on any atom is -0.486 e. The van der Waals surface area contributed by atoms with Crippen molar-refractivity contribution in [3.8, 4) is 5.75 Å². The van der Waals surface area contributed by atoms with Crippen LogP contribution in [0.5, 0.6) is 5.75 Å². The summed E-state index contributed by atoms with van der Waals surface area (Å²) in [5.74, 6) is -0.358. The summed E-state index contributed by atoms with van der Waals surface area (Å²) in [5.41, 5.74) is 1.29. The number of amides is 3. The molecular weight excluding hydrogens is 586 g/mol. The Kier molecular flexibility index (Phi) is 8.88. The van der Waals surface area contributed by atoms with E-state index in [2.05, 4.69) is 15.9 Å². The van der Waals surface area contributed by atoms with Crippen molar-refractivity contribution < 1.29 is 24.0 Å². The molecule has 3 amide bonds. The van der Waals surface area contributed by atoms with E-state index in [1.165, 1.54) is 12.1 Å². The molecule has 12 heteroatoms. The second kappa shape index (κ2) is 12.1. The van der Waals surface area contributed by atoms with Crippen molar-refractivity contribution in [1.29, 1.82) is 0 Å². The summed E-state index contributed by atoms with van der Waals surface area (Å²) >= 11 is 10.6. The Morgan fingerprint density at radius 1 is 1.14 bits per heavy atom. The highest BCUT2D eigenvalue weighted by atomic mass is 79.9. The van der Waals surface area contributed by atoms with Gasteiger partial charge in [-0.05, 0) is 82.0 Å². The number of halogens is 2. The maximum atomic E-state index is 12.9. The van der Waals surface area contributed by atoms with Gasteiger partial charge in [-0.25, -0.2) is 0 Å². The van der Waals surface area contributed by atoms with E-state index in [9.17, 15) is 24.5 Å². The summed E-state index contributed by atoms with van der Waals surface area (Å²) in [6, 6.07) is 9.30. The summed E-state index contributed by atoms with van der Waals surface area (Å²) in [7, 11) is 0. The number of ether oxygens (including phenoxy) is 1.